The molecule has 1 aliphatic heterocycles. The van der Waals surface area contributed by atoms with Crippen LogP contribution in [0.15, 0.2) is 42.5 Å². The summed E-state index contributed by atoms with van der Waals surface area (Å²) in [5.74, 6) is -0.118. The van der Waals surface area contributed by atoms with Crippen molar-refractivity contribution in [2.45, 2.75) is 12.8 Å². The van der Waals surface area contributed by atoms with Crippen molar-refractivity contribution in [1.29, 1.82) is 0 Å². The van der Waals surface area contributed by atoms with E-state index in [4.69, 9.17) is 0 Å². The second-order valence-corrected chi connectivity index (χ2v) is 7.99. The zero-order chi connectivity index (χ0) is 19.4. The number of nitrogens with zero attached hydrogens (tertiary/aromatic N) is 2. The molecule has 142 valence electrons. The lowest BCUT2D eigenvalue weighted by Crippen LogP contribution is -2.42. The number of likely N-dealkylation sites (tertiary alicyclic amines) is 1. The molecule has 1 aromatic heterocycles. The second-order valence-electron chi connectivity index (χ2n) is 6.87. The molecule has 0 unspecified atom stereocenters. The van der Waals surface area contributed by atoms with Crippen LogP contribution in [0.5, 0.6) is 0 Å². The van der Waals surface area contributed by atoms with E-state index >= 15 is 0 Å². The van der Waals surface area contributed by atoms with Crippen LogP contribution in [0, 0.1) is 11.7 Å². The molecule has 0 aliphatic carbocycles. The topological polar surface area (TPSA) is 40.6 Å². The third-order valence-electron chi connectivity index (χ3n) is 4.74. The van der Waals surface area contributed by atoms with Gasteiger partial charge < -0.3 is 9.80 Å². The minimum atomic E-state index is -0.253. The van der Waals surface area contributed by atoms with Gasteiger partial charge in [0.15, 0.2) is 0 Å². The zero-order valence-corrected chi connectivity index (χ0v) is 16.3. The summed E-state index contributed by atoms with van der Waals surface area (Å²) >= 11 is 1.56. The first-order chi connectivity index (χ1) is 12.9. The largest absolute Gasteiger partial charge is 0.349 e. The summed E-state index contributed by atoms with van der Waals surface area (Å²) in [5.41, 5.74) is 0.958. The summed E-state index contributed by atoms with van der Waals surface area (Å²) in [5, 5.41) is 0. The van der Waals surface area contributed by atoms with Gasteiger partial charge in [0.25, 0.3) is 0 Å². The SMILES string of the molecule is CN(C)C(=O)C1CCN(C(=O)/C=C/c2ccc(-c3ccc(F)cc3)s2)CC1. The number of hydrogen-bond acceptors (Lipinski definition) is 3. The summed E-state index contributed by atoms with van der Waals surface area (Å²) < 4.78 is 13.0. The van der Waals surface area contributed by atoms with Crippen LogP contribution in [0.3, 0.4) is 0 Å². The Hall–Kier alpha value is -2.47. The molecule has 0 bridgehead atoms. The number of rotatable bonds is 4. The molecule has 6 heteroatoms. The summed E-state index contributed by atoms with van der Waals surface area (Å²) in [4.78, 5) is 29.8. The molecular formula is C21H23FN2O2S. The third-order valence-corrected chi connectivity index (χ3v) is 5.84. The van der Waals surface area contributed by atoms with E-state index in [1.807, 2.05) is 18.2 Å². The van der Waals surface area contributed by atoms with E-state index < -0.39 is 0 Å². The molecule has 27 heavy (non-hydrogen) atoms. The number of carbonyl (C=O) groups is 2. The van der Waals surface area contributed by atoms with Crippen LogP contribution in [0.2, 0.25) is 0 Å². The molecule has 3 rings (SSSR count). The van der Waals surface area contributed by atoms with Crippen LogP contribution in [-0.4, -0.2) is 48.8 Å². The molecule has 0 atom stereocenters. The summed E-state index contributed by atoms with van der Waals surface area (Å²) in [6, 6.07) is 10.3. The first kappa shape index (κ1) is 19.3. The second kappa shape index (κ2) is 8.48. The molecule has 0 saturated carbocycles. The van der Waals surface area contributed by atoms with E-state index in [2.05, 4.69) is 0 Å². The van der Waals surface area contributed by atoms with Gasteiger partial charge >= 0.3 is 0 Å². The Morgan fingerprint density at radius 3 is 2.41 bits per heavy atom. The first-order valence-corrected chi connectivity index (χ1v) is 9.79. The van der Waals surface area contributed by atoms with Crippen molar-refractivity contribution in [2.75, 3.05) is 27.2 Å². The maximum atomic E-state index is 13.0. The van der Waals surface area contributed by atoms with E-state index in [1.54, 1.807) is 53.4 Å². The Morgan fingerprint density at radius 2 is 1.78 bits per heavy atom. The van der Waals surface area contributed by atoms with Crippen molar-refractivity contribution in [2.24, 2.45) is 5.92 Å². The normalized spacial score (nSPS) is 15.3. The summed E-state index contributed by atoms with van der Waals surface area (Å²) in [7, 11) is 3.54. The smallest absolute Gasteiger partial charge is 0.246 e. The number of carbonyl (C=O) groups excluding carboxylic acids is 2. The van der Waals surface area contributed by atoms with Gasteiger partial charge in [-0.25, -0.2) is 4.39 Å². The van der Waals surface area contributed by atoms with Crippen molar-refractivity contribution in [1.82, 2.24) is 9.80 Å². The van der Waals surface area contributed by atoms with Gasteiger partial charge in [0.2, 0.25) is 11.8 Å². The fourth-order valence-corrected chi connectivity index (χ4v) is 4.10. The van der Waals surface area contributed by atoms with Gasteiger partial charge in [0, 0.05) is 48.9 Å². The van der Waals surface area contributed by atoms with Crippen LogP contribution in [0.4, 0.5) is 4.39 Å². The Bertz CT molecular complexity index is 834. The van der Waals surface area contributed by atoms with E-state index in [0.29, 0.717) is 25.9 Å². The van der Waals surface area contributed by atoms with Crippen LogP contribution >= 0.6 is 11.3 Å². The summed E-state index contributed by atoms with van der Waals surface area (Å²) in [6.45, 7) is 1.22. The number of hydrogen-bond donors (Lipinski definition) is 0. The standard InChI is InChI=1S/C21H23FN2O2S/c1-23(2)21(26)16-11-13-24(14-12-16)20(25)10-8-18-7-9-19(27-18)15-3-5-17(22)6-4-15/h3-10,16H,11-14H2,1-2H3/b10-8+. The van der Waals surface area contributed by atoms with E-state index in [0.717, 1.165) is 15.3 Å². The number of benzene rings is 1. The molecule has 2 aromatic rings. The minimum absolute atomic E-state index is 0.0172. The first-order valence-electron chi connectivity index (χ1n) is 8.98. The van der Waals surface area contributed by atoms with Crippen molar-refractivity contribution in [3.05, 3.63) is 53.2 Å². The van der Waals surface area contributed by atoms with E-state index in [9.17, 15) is 14.0 Å². The number of halogens is 1. The molecule has 1 saturated heterocycles. The van der Waals surface area contributed by atoms with Gasteiger partial charge in [-0.15, -0.1) is 11.3 Å². The maximum absolute atomic E-state index is 13.0. The number of thiophene rings is 1. The van der Waals surface area contributed by atoms with Crippen LogP contribution in [-0.2, 0) is 9.59 Å². The Morgan fingerprint density at radius 1 is 1.11 bits per heavy atom. The molecule has 1 aromatic carbocycles. The molecule has 2 heterocycles. The maximum Gasteiger partial charge on any atom is 0.246 e. The number of amides is 2. The van der Waals surface area contributed by atoms with Gasteiger partial charge in [-0.3, -0.25) is 9.59 Å². The Kier molecular flexibility index (Phi) is 6.06. The average Bonchev–Trinajstić information content (AvgIpc) is 3.15. The fourth-order valence-electron chi connectivity index (χ4n) is 3.18. The van der Waals surface area contributed by atoms with Gasteiger partial charge in [-0.05, 0) is 48.7 Å². The summed E-state index contributed by atoms with van der Waals surface area (Å²) in [6.07, 6.45) is 4.83. The predicted octanol–water partition coefficient (Wildman–Crippen LogP) is 3.89. The minimum Gasteiger partial charge on any atom is -0.349 e. The van der Waals surface area contributed by atoms with Gasteiger partial charge in [-0.1, -0.05) is 12.1 Å². The molecule has 1 fully saturated rings. The average molecular weight is 386 g/mol. The monoisotopic (exact) mass is 386 g/mol. The molecule has 2 amide bonds. The zero-order valence-electron chi connectivity index (χ0n) is 15.5. The van der Waals surface area contributed by atoms with Crippen molar-refractivity contribution >= 4 is 29.2 Å². The lowest BCUT2D eigenvalue weighted by atomic mass is 9.95. The molecule has 4 nitrogen and oxygen atoms in total. The highest BCUT2D eigenvalue weighted by molar-refractivity contribution is 7.16. The van der Waals surface area contributed by atoms with Crippen LogP contribution in [0.1, 0.15) is 17.7 Å². The Labute approximate surface area is 162 Å². The molecule has 0 radical (unpaired) electrons. The molecule has 1 aliphatic rings. The van der Waals surface area contributed by atoms with Crippen LogP contribution < -0.4 is 0 Å². The third kappa shape index (κ3) is 4.83. The van der Waals surface area contributed by atoms with Crippen molar-refractivity contribution in [3.8, 4) is 10.4 Å². The van der Waals surface area contributed by atoms with Crippen molar-refractivity contribution < 1.29 is 14.0 Å². The Balaban J connectivity index is 1.56. The molecule has 0 spiro atoms. The fraction of sp³-hybridized carbons (Fsp3) is 0.333. The highest BCUT2D eigenvalue weighted by atomic mass is 32.1. The lowest BCUT2D eigenvalue weighted by Gasteiger charge is -2.31. The van der Waals surface area contributed by atoms with Crippen LogP contribution in [0.25, 0.3) is 16.5 Å². The van der Waals surface area contributed by atoms with Crippen molar-refractivity contribution in [3.63, 3.8) is 0 Å². The molecular weight excluding hydrogens is 363 g/mol. The lowest BCUT2D eigenvalue weighted by molar-refractivity contribution is -0.137. The molecule has 0 N–H and O–H groups in total. The quantitative estimate of drug-likeness (QED) is 0.748. The van der Waals surface area contributed by atoms with E-state index in [-0.39, 0.29) is 23.5 Å². The van der Waals surface area contributed by atoms with Gasteiger partial charge in [0.05, 0.1) is 0 Å². The highest BCUT2D eigenvalue weighted by Crippen LogP contribution is 2.29. The van der Waals surface area contributed by atoms with E-state index in [1.165, 1.54) is 12.1 Å². The van der Waals surface area contributed by atoms with Gasteiger partial charge in [-0.2, -0.15) is 0 Å². The predicted molar refractivity (Wildman–Crippen MR) is 107 cm³/mol. The number of piperidine rings is 1. The van der Waals surface area contributed by atoms with Gasteiger partial charge in [0.1, 0.15) is 5.82 Å². The highest BCUT2D eigenvalue weighted by Gasteiger charge is 2.27.